The van der Waals surface area contributed by atoms with Gasteiger partial charge in [-0.1, -0.05) is 36.8 Å². The monoisotopic (exact) mass is 264 g/mol. The number of benzene rings is 1. The van der Waals surface area contributed by atoms with E-state index in [1.54, 1.807) is 0 Å². The first-order chi connectivity index (χ1) is 8.58. The van der Waals surface area contributed by atoms with Gasteiger partial charge in [-0.25, -0.2) is 0 Å². The minimum Gasteiger partial charge on any atom is -0.339 e. The zero-order chi connectivity index (χ0) is 13.1. The molecule has 1 aliphatic heterocycles. The van der Waals surface area contributed by atoms with Crippen LogP contribution in [0.25, 0.3) is 0 Å². The Morgan fingerprint density at radius 1 is 1.44 bits per heavy atom. The fourth-order valence-electron chi connectivity index (χ4n) is 2.13. The van der Waals surface area contributed by atoms with Crippen LogP contribution in [0.15, 0.2) is 24.3 Å². The van der Waals surface area contributed by atoms with Crippen molar-refractivity contribution in [1.82, 2.24) is 4.90 Å². The summed E-state index contributed by atoms with van der Waals surface area (Å²) in [6.07, 6.45) is 0. The van der Waals surface area contributed by atoms with Crippen LogP contribution < -0.4 is 5.73 Å². The van der Waals surface area contributed by atoms with E-state index in [4.69, 9.17) is 5.73 Å². The van der Waals surface area contributed by atoms with Crippen molar-refractivity contribution in [1.29, 1.82) is 0 Å². The maximum absolute atomic E-state index is 12.3. The van der Waals surface area contributed by atoms with Gasteiger partial charge < -0.3 is 10.6 Å². The second-order valence-corrected chi connectivity index (χ2v) is 6.40. The molecule has 0 aromatic heterocycles. The molecule has 18 heavy (non-hydrogen) atoms. The van der Waals surface area contributed by atoms with E-state index in [9.17, 15) is 4.79 Å². The van der Waals surface area contributed by atoms with E-state index >= 15 is 0 Å². The van der Waals surface area contributed by atoms with Gasteiger partial charge in [-0.3, -0.25) is 4.79 Å². The molecule has 0 saturated carbocycles. The van der Waals surface area contributed by atoms with Crippen LogP contribution in [0.5, 0.6) is 0 Å². The fraction of sp³-hybridized carbons (Fsp3) is 0.500. The van der Waals surface area contributed by atoms with E-state index in [0.29, 0.717) is 5.25 Å². The number of hydrogen-bond acceptors (Lipinski definition) is 3. The number of amides is 1. The summed E-state index contributed by atoms with van der Waals surface area (Å²) >= 11 is 1.91. The van der Waals surface area contributed by atoms with Crippen molar-refractivity contribution >= 4 is 17.7 Å². The Labute approximate surface area is 113 Å². The van der Waals surface area contributed by atoms with Crippen molar-refractivity contribution < 1.29 is 4.79 Å². The minimum atomic E-state index is -0.527. The molecule has 1 heterocycles. The standard InChI is InChI=1S/C14H20N2OS/c1-10-3-5-12(6-4-10)13(15)14(17)16-7-8-18-11(2)9-16/h3-6,11,13H,7-9,15H2,1-2H3. The van der Waals surface area contributed by atoms with Gasteiger partial charge in [0.15, 0.2) is 0 Å². The average Bonchev–Trinajstić information content (AvgIpc) is 2.38. The Balaban J connectivity index is 2.06. The predicted molar refractivity (Wildman–Crippen MR) is 76.6 cm³/mol. The molecular formula is C14H20N2OS. The second-order valence-electron chi connectivity index (χ2n) is 4.85. The average molecular weight is 264 g/mol. The SMILES string of the molecule is Cc1ccc(C(N)C(=O)N2CCSC(C)C2)cc1. The Kier molecular flexibility index (Phi) is 4.30. The lowest BCUT2D eigenvalue weighted by Gasteiger charge is -2.32. The number of aryl methyl sites for hydroxylation is 1. The van der Waals surface area contributed by atoms with Crippen molar-refractivity contribution in [3.8, 4) is 0 Å². The summed E-state index contributed by atoms with van der Waals surface area (Å²) in [7, 11) is 0. The molecule has 0 aliphatic carbocycles. The number of thioether (sulfide) groups is 1. The van der Waals surface area contributed by atoms with E-state index in [-0.39, 0.29) is 5.91 Å². The first-order valence-corrected chi connectivity index (χ1v) is 7.35. The lowest BCUT2D eigenvalue weighted by molar-refractivity contribution is -0.132. The molecule has 98 valence electrons. The molecule has 1 fully saturated rings. The molecule has 4 heteroatoms. The van der Waals surface area contributed by atoms with Crippen molar-refractivity contribution in [3.63, 3.8) is 0 Å². The van der Waals surface area contributed by atoms with Crippen molar-refractivity contribution in [2.24, 2.45) is 5.73 Å². The van der Waals surface area contributed by atoms with Crippen LogP contribution >= 0.6 is 11.8 Å². The van der Waals surface area contributed by atoms with Crippen LogP contribution in [0.2, 0.25) is 0 Å². The van der Waals surface area contributed by atoms with Crippen molar-refractivity contribution in [2.45, 2.75) is 25.1 Å². The normalized spacial score (nSPS) is 21.7. The van der Waals surface area contributed by atoms with Gasteiger partial charge in [0, 0.05) is 24.1 Å². The number of nitrogens with zero attached hydrogens (tertiary/aromatic N) is 1. The van der Waals surface area contributed by atoms with Gasteiger partial charge in [-0.2, -0.15) is 11.8 Å². The first-order valence-electron chi connectivity index (χ1n) is 6.30. The summed E-state index contributed by atoms with van der Waals surface area (Å²) < 4.78 is 0. The Hall–Kier alpha value is -1.00. The number of rotatable bonds is 2. The number of carbonyl (C=O) groups excluding carboxylic acids is 1. The molecule has 3 nitrogen and oxygen atoms in total. The minimum absolute atomic E-state index is 0.0472. The lowest BCUT2D eigenvalue weighted by Crippen LogP contribution is -2.45. The summed E-state index contributed by atoms with van der Waals surface area (Å²) in [5.41, 5.74) is 8.15. The third-order valence-electron chi connectivity index (χ3n) is 3.26. The molecule has 1 amide bonds. The maximum atomic E-state index is 12.3. The molecule has 1 aromatic rings. The Morgan fingerprint density at radius 2 is 2.11 bits per heavy atom. The summed E-state index contributed by atoms with van der Waals surface area (Å²) in [4.78, 5) is 14.2. The summed E-state index contributed by atoms with van der Waals surface area (Å²) in [5.74, 6) is 1.05. The molecule has 0 bridgehead atoms. The van der Waals surface area contributed by atoms with Crippen molar-refractivity contribution in [2.75, 3.05) is 18.8 Å². The first kappa shape index (κ1) is 13.4. The zero-order valence-corrected chi connectivity index (χ0v) is 11.7. The van der Waals surface area contributed by atoms with Gasteiger partial charge in [0.2, 0.25) is 5.91 Å². The van der Waals surface area contributed by atoms with E-state index < -0.39 is 6.04 Å². The van der Waals surface area contributed by atoms with Gasteiger partial charge in [0.05, 0.1) is 0 Å². The van der Waals surface area contributed by atoms with Crippen LogP contribution in [-0.2, 0) is 4.79 Å². The number of carbonyl (C=O) groups is 1. The third-order valence-corrected chi connectivity index (χ3v) is 4.39. The van der Waals surface area contributed by atoms with Crippen molar-refractivity contribution in [3.05, 3.63) is 35.4 Å². The predicted octanol–water partition coefficient (Wildman–Crippen LogP) is 1.96. The quantitative estimate of drug-likeness (QED) is 0.888. The smallest absolute Gasteiger partial charge is 0.244 e. The topological polar surface area (TPSA) is 46.3 Å². The molecule has 1 aliphatic rings. The molecule has 2 rings (SSSR count). The third kappa shape index (κ3) is 3.06. The fourth-order valence-corrected chi connectivity index (χ4v) is 3.15. The zero-order valence-electron chi connectivity index (χ0n) is 10.9. The largest absolute Gasteiger partial charge is 0.339 e. The molecule has 1 aromatic carbocycles. The Morgan fingerprint density at radius 3 is 2.72 bits per heavy atom. The lowest BCUT2D eigenvalue weighted by atomic mass is 10.0. The number of hydrogen-bond donors (Lipinski definition) is 1. The van der Waals surface area contributed by atoms with E-state index in [1.165, 1.54) is 5.56 Å². The van der Waals surface area contributed by atoms with E-state index in [0.717, 1.165) is 24.4 Å². The highest BCUT2D eigenvalue weighted by Crippen LogP contribution is 2.21. The summed E-state index contributed by atoms with van der Waals surface area (Å²) in [6, 6.07) is 7.36. The van der Waals surface area contributed by atoms with Crippen LogP contribution in [0.3, 0.4) is 0 Å². The molecule has 1 saturated heterocycles. The highest BCUT2D eigenvalue weighted by molar-refractivity contribution is 7.99. The second kappa shape index (κ2) is 5.76. The molecular weight excluding hydrogens is 244 g/mol. The number of nitrogens with two attached hydrogens (primary N) is 1. The van der Waals surface area contributed by atoms with Gasteiger partial charge in [0.1, 0.15) is 6.04 Å². The van der Waals surface area contributed by atoms with Gasteiger partial charge in [0.25, 0.3) is 0 Å². The van der Waals surface area contributed by atoms with Gasteiger partial charge in [-0.05, 0) is 12.5 Å². The van der Waals surface area contributed by atoms with Crippen LogP contribution in [0.1, 0.15) is 24.1 Å². The van der Waals surface area contributed by atoms with Gasteiger partial charge >= 0.3 is 0 Å². The Bertz CT molecular complexity index is 418. The van der Waals surface area contributed by atoms with Gasteiger partial charge in [-0.15, -0.1) is 0 Å². The van der Waals surface area contributed by atoms with E-state index in [2.05, 4.69) is 6.92 Å². The summed E-state index contributed by atoms with van der Waals surface area (Å²) in [5, 5.41) is 0.507. The molecule has 2 unspecified atom stereocenters. The highest BCUT2D eigenvalue weighted by Gasteiger charge is 2.26. The van der Waals surface area contributed by atoms with E-state index in [1.807, 2.05) is 47.9 Å². The molecule has 2 N–H and O–H groups in total. The molecule has 0 radical (unpaired) electrons. The summed E-state index contributed by atoms with van der Waals surface area (Å²) in [6.45, 7) is 5.80. The van der Waals surface area contributed by atoms with Crippen LogP contribution in [0, 0.1) is 6.92 Å². The highest BCUT2D eigenvalue weighted by atomic mass is 32.2. The maximum Gasteiger partial charge on any atom is 0.244 e. The molecule has 0 spiro atoms. The van der Waals surface area contributed by atoms with Crippen LogP contribution in [0.4, 0.5) is 0 Å². The molecule has 2 atom stereocenters. The van der Waals surface area contributed by atoms with Crippen LogP contribution in [-0.4, -0.2) is 34.9 Å².